The molecule has 1 aromatic heterocycles. The van der Waals surface area contributed by atoms with Crippen LogP contribution in [0.2, 0.25) is 0 Å². The number of H-pyrrole nitrogens is 1. The van der Waals surface area contributed by atoms with Crippen molar-refractivity contribution >= 4 is 11.6 Å². The number of anilines is 1. The Morgan fingerprint density at radius 2 is 1.84 bits per heavy atom. The van der Waals surface area contributed by atoms with Crippen molar-refractivity contribution in [2.24, 2.45) is 5.92 Å². The minimum Gasteiger partial charge on any atom is -0.373 e. The van der Waals surface area contributed by atoms with Gasteiger partial charge in [0.1, 0.15) is 0 Å². The van der Waals surface area contributed by atoms with E-state index in [2.05, 4.69) is 56.8 Å². The van der Waals surface area contributed by atoms with Gasteiger partial charge in [-0.3, -0.25) is 9.89 Å². The summed E-state index contributed by atoms with van der Waals surface area (Å²) in [5, 5.41) is 10.7. The Bertz CT molecular complexity index is 947. The van der Waals surface area contributed by atoms with Crippen molar-refractivity contribution in [3.8, 4) is 11.1 Å². The average molecular weight is 436 g/mol. The molecular formula is C25H33N5O2. The van der Waals surface area contributed by atoms with Gasteiger partial charge in [-0.25, -0.2) is 0 Å². The zero-order valence-corrected chi connectivity index (χ0v) is 19.0. The van der Waals surface area contributed by atoms with Gasteiger partial charge in [0, 0.05) is 63.6 Å². The molecule has 4 rings (SSSR count). The quantitative estimate of drug-likeness (QED) is 0.699. The van der Waals surface area contributed by atoms with Crippen molar-refractivity contribution in [1.82, 2.24) is 20.4 Å². The van der Waals surface area contributed by atoms with Crippen molar-refractivity contribution in [2.75, 3.05) is 51.8 Å². The molecule has 32 heavy (non-hydrogen) atoms. The first kappa shape index (κ1) is 22.3. The van der Waals surface area contributed by atoms with Gasteiger partial charge in [-0.2, -0.15) is 5.10 Å². The van der Waals surface area contributed by atoms with E-state index in [0.29, 0.717) is 6.54 Å². The maximum absolute atomic E-state index is 12.2. The van der Waals surface area contributed by atoms with Gasteiger partial charge in [0.2, 0.25) is 5.91 Å². The zero-order chi connectivity index (χ0) is 22.3. The minimum absolute atomic E-state index is 0.108. The monoisotopic (exact) mass is 435 g/mol. The van der Waals surface area contributed by atoms with Gasteiger partial charge in [-0.15, -0.1) is 0 Å². The van der Waals surface area contributed by atoms with Crippen LogP contribution in [-0.4, -0.2) is 67.9 Å². The highest BCUT2D eigenvalue weighted by atomic mass is 16.5. The standard InChI is InChI=1S/C25H33N5O2/c1-29(14-15-30(2)25(31)21-7-8-21)23-10-9-22(17-28-27-12-11-23)19-3-5-20(6-4-19)24-18-26-13-16-32-24/h3-6,9-12,17,21,24,26-27H,7-8,13-16,18H2,1-2H3/t24-/m1/s1. The Balaban J connectivity index is 1.46. The van der Waals surface area contributed by atoms with Gasteiger partial charge in [-0.05, 0) is 36.1 Å². The molecule has 1 amide bonds. The molecule has 1 aliphatic heterocycles. The Morgan fingerprint density at radius 3 is 2.56 bits per heavy atom. The summed E-state index contributed by atoms with van der Waals surface area (Å²) in [6.45, 7) is 3.97. The fourth-order valence-electron chi connectivity index (χ4n) is 3.82. The van der Waals surface area contributed by atoms with Crippen LogP contribution >= 0.6 is 0 Å². The number of hydrogen-bond acceptors (Lipinski definition) is 5. The summed E-state index contributed by atoms with van der Waals surface area (Å²) in [6, 6.07) is 14.7. The molecule has 0 spiro atoms. The molecule has 7 nitrogen and oxygen atoms in total. The first-order valence-corrected chi connectivity index (χ1v) is 11.4. The van der Waals surface area contributed by atoms with Crippen LogP contribution in [0, 0.1) is 5.92 Å². The van der Waals surface area contributed by atoms with E-state index in [4.69, 9.17) is 4.74 Å². The molecule has 2 fully saturated rings. The van der Waals surface area contributed by atoms with Gasteiger partial charge >= 0.3 is 0 Å². The SMILES string of the molecule is CN(CCN(C)c1cc[nH]ncc(-c2ccc([C@H]3CNCCO3)cc2)cc1)C(=O)C1CC1. The topological polar surface area (TPSA) is 73.5 Å². The molecule has 1 aromatic carbocycles. The third-order valence-electron chi connectivity index (χ3n) is 6.10. The number of rotatable bonds is 7. The molecule has 170 valence electrons. The van der Waals surface area contributed by atoms with Crippen LogP contribution < -0.4 is 10.2 Å². The summed E-state index contributed by atoms with van der Waals surface area (Å²) in [5.74, 6) is 0.529. The van der Waals surface area contributed by atoms with E-state index in [1.165, 1.54) is 5.56 Å². The Hall–Kier alpha value is -2.90. The van der Waals surface area contributed by atoms with E-state index < -0.39 is 0 Å². The second kappa shape index (κ2) is 10.6. The number of carbonyl (C=O) groups is 1. The zero-order valence-electron chi connectivity index (χ0n) is 19.0. The van der Waals surface area contributed by atoms with Crippen LogP contribution in [0.4, 0.5) is 5.69 Å². The van der Waals surface area contributed by atoms with E-state index in [9.17, 15) is 4.79 Å². The number of ether oxygens (including phenoxy) is 1. The number of likely N-dealkylation sites (N-methyl/N-ethyl adjacent to an activating group) is 2. The van der Waals surface area contributed by atoms with Crippen LogP contribution in [0.3, 0.4) is 0 Å². The highest BCUT2D eigenvalue weighted by Gasteiger charge is 2.31. The summed E-state index contributed by atoms with van der Waals surface area (Å²) in [5.41, 5.74) is 4.34. The molecule has 2 N–H and O–H groups in total. The number of nitrogens with zero attached hydrogens (tertiary/aromatic N) is 3. The van der Waals surface area contributed by atoms with Crippen LogP contribution in [0.15, 0.2) is 54.9 Å². The van der Waals surface area contributed by atoms with Crippen LogP contribution in [-0.2, 0) is 9.53 Å². The number of hydrogen-bond donors (Lipinski definition) is 2. The largest absolute Gasteiger partial charge is 0.373 e. The van der Waals surface area contributed by atoms with Crippen molar-refractivity contribution in [1.29, 1.82) is 0 Å². The predicted octanol–water partition coefficient (Wildman–Crippen LogP) is 3.17. The number of amides is 1. The second-order valence-electron chi connectivity index (χ2n) is 8.58. The predicted molar refractivity (Wildman–Crippen MR) is 127 cm³/mol. The summed E-state index contributed by atoms with van der Waals surface area (Å²) in [6.07, 6.45) is 5.84. The maximum Gasteiger partial charge on any atom is 0.225 e. The number of carbonyl (C=O) groups excluding carboxylic acids is 1. The summed E-state index contributed by atoms with van der Waals surface area (Å²) >= 11 is 0. The lowest BCUT2D eigenvalue weighted by Crippen LogP contribution is -2.35. The first-order chi connectivity index (χ1) is 15.6. The fourth-order valence-corrected chi connectivity index (χ4v) is 3.82. The highest BCUT2D eigenvalue weighted by molar-refractivity contribution is 5.80. The van der Waals surface area contributed by atoms with Crippen LogP contribution in [0.25, 0.3) is 11.1 Å². The van der Waals surface area contributed by atoms with Crippen molar-refractivity contribution in [3.05, 3.63) is 60.4 Å². The van der Waals surface area contributed by atoms with E-state index in [1.807, 2.05) is 37.5 Å². The van der Waals surface area contributed by atoms with Crippen molar-refractivity contribution in [3.63, 3.8) is 0 Å². The number of benzene rings is 1. The number of nitrogens with one attached hydrogen (secondary N) is 2. The smallest absolute Gasteiger partial charge is 0.225 e. The summed E-state index contributed by atoms with van der Waals surface area (Å²) in [7, 11) is 3.94. The normalized spacial score (nSPS) is 18.0. The number of morpholine rings is 1. The Kier molecular flexibility index (Phi) is 7.39. The molecule has 1 saturated carbocycles. The van der Waals surface area contributed by atoms with Gasteiger partial charge in [0.25, 0.3) is 0 Å². The molecule has 0 radical (unpaired) electrons. The van der Waals surface area contributed by atoms with Gasteiger partial charge in [-0.1, -0.05) is 30.3 Å². The molecule has 2 aliphatic rings. The lowest BCUT2D eigenvalue weighted by atomic mass is 10.0. The highest BCUT2D eigenvalue weighted by Crippen LogP contribution is 2.30. The van der Waals surface area contributed by atoms with E-state index in [-0.39, 0.29) is 17.9 Å². The maximum atomic E-state index is 12.2. The lowest BCUT2D eigenvalue weighted by Gasteiger charge is -2.24. The molecule has 0 bridgehead atoms. The Morgan fingerprint density at radius 1 is 1.06 bits per heavy atom. The van der Waals surface area contributed by atoms with Crippen molar-refractivity contribution in [2.45, 2.75) is 18.9 Å². The van der Waals surface area contributed by atoms with Gasteiger partial charge in [0.15, 0.2) is 0 Å². The molecule has 0 unspecified atom stereocenters. The third-order valence-corrected chi connectivity index (χ3v) is 6.10. The molecule has 1 atom stereocenters. The van der Waals surface area contributed by atoms with Crippen LogP contribution in [0.5, 0.6) is 0 Å². The molecular weight excluding hydrogens is 402 g/mol. The third kappa shape index (κ3) is 5.87. The molecule has 1 aliphatic carbocycles. The fraction of sp³-hybridized carbons (Fsp3) is 0.440. The first-order valence-electron chi connectivity index (χ1n) is 11.4. The van der Waals surface area contributed by atoms with Crippen LogP contribution in [0.1, 0.15) is 24.5 Å². The van der Waals surface area contributed by atoms with Crippen molar-refractivity contribution < 1.29 is 9.53 Å². The Labute approximate surface area is 190 Å². The lowest BCUT2D eigenvalue weighted by molar-refractivity contribution is -0.131. The average Bonchev–Trinajstić information content (AvgIpc) is 3.66. The molecule has 2 aromatic rings. The number of aromatic amines is 1. The molecule has 2 heterocycles. The molecule has 7 heteroatoms. The minimum atomic E-state index is 0.108. The molecule has 1 saturated heterocycles. The van der Waals surface area contributed by atoms with E-state index >= 15 is 0 Å². The van der Waals surface area contributed by atoms with Gasteiger partial charge < -0.3 is 19.9 Å². The van der Waals surface area contributed by atoms with E-state index in [1.54, 1.807) is 0 Å². The summed E-state index contributed by atoms with van der Waals surface area (Å²) < 4.78 is 5.85. The summed E-state index contributed by atoms with van der Waals surface area (Å²) in [4.78, 5) is 16.2. The van der Waals surface area contributed by atoms with E-state index in [0.717, 1.165) is 55.9 Å². The number of aromatic nitrogens is 2. The van der Waals surface area contributed by atoms with Gasteiger partial charge in [0.05, 0.1) is 18.9 Å². The second-order valence-corrected chi connectivity index (χ2v) is 8.58.